The summed E-state index contributed by atoms with van der Waals surface area (Å²) in [7, 11) is 0. The Bertz CT molecular complexity index is 368. The molecular weight excluding hydrogens is 182 g/mol. The van der Waals surface area contributed by atoms with Gasteiger partial charge in [0.05, 0.1) is 12.8 Å². The van der Waals surface area contributed by atoms with Crippen molar-refractivity contribution < 1.29 is 9.53 Å². The molecule has 0 amide bonds. The van der Waals surface area contributed by atoms with E-state index in [1.54, 1.807) is 6.92 Å². The smallest absolute Gasteiger partial charge is 0.358 e. The highest BCUT2D eigenvalue weighted by molar-refractivity contribution is 5.87. The first-order chi connectivity index (χ1) is 6.74. The van der Waals surface area contributed by atoms with Crippen LogP contribution in [-0.2, 0) is 4.74 Å². The van der Waals surface area contributed by atoms with Gasteiger partial charge in [-0.05, 0) is 13.0 Å². The lowest BCUT2D eigenvalue weighted by atomic mass is 10.5. The second-order valence-corrected chi connectivity index (χ2v) is 2.38. The van der Waals surface area contributed by atoms with E-state index in [0.717, 1.165) is 0 Å². The average molecular weight is 193 g/mol. The van der Waals surface area contributed by atoms with E-state index >= 15 is 0 Å². The van der Waals surface area contributed by atoms with E-state index in [9.17, 15) is 4.79 Å². The first-order valence-corrected chi connectivity index (χ1v) is 4.08. The maximum atomic E-state index is 11.3. The van der Waals surface area contributed by atoms with Gasteiger partial charge in [-0.1, -0.05) is 6.58 Å². The summed E-state index contributed by atoms with van der Waals surface area (Å²) in [5, 5.41) is 3.64. The van der Waals surface area contributed by atoms with E-state index < -0.39 is 5.97 Å². The molecular formula is C9H11N3O2. The summed E-state index contributed by atoms with van der Waals surface area (Å²) in [5.74, 6) is -0.0106. The van der Waals surface area contributed by atoms with Crippen LogP contribution in [0.15, 0.2) is 17.9 Å². The number of imidazole rings is 1. The van der Waals surface area contributed by atoms with Crippen molar-refractivity contribution in [3.63, 3.8) is 0 Å². The van der Waals surface area contributed by atoms with Crippen LogP contribution in [0.5, 0.6) is 0 Å². The lowest BCUT2D eigenvalue weighted by Crippen LogP contribution is -2.09. The zero-order valence-electron chi connectivity index (χ0n) is 7.93. The Balaban J connectivity index is 3.08. The molecule has 74 valence electrons. The molecule has 0 aliphatic heterocycles. The molecule has 0 unspecified atom stereocenters. The largest absolute Gasteiger partial charge is 0.461 e. The molecule has 1 aromatic rings. The van der Waals surface area contributed by atoms with E-state index in [1.165, 1.54) is 16.9 Å². The maximum Gasteiger partial charge on any atom is 0.358 e. The highest BCUT2D eigenvalue weighted by Crippen LogP contribution is 2.07. The Kier molecular flexibility index (Phi) is 3.17. The van der Waals surface area contributed by atoms with Gasteiger partial charge in [-0.15, -0.1) is 0 Å². The van der Waals surface area contributed by atoms with Gasteiger partial charge >= 0.3 is 5.97 Å². The normalized spacial score (nSPS) is 9.50. The highest BCUT2D eigenvalue weighted by atomic mass is 16.5. The number of ether oxygens (including phenoxy) is 1. The molecule has 0 saturated carbocycles. The van der Waals surface area contributed by atoms with Crippen LogP contribution >= 0.6 is 0 Å². The van der Waals surface area contributed by atoms with E-state index in [2.05, 4.69) is 23.4 Å². The number of carbonyl (C=O) groups excluding carboxylic acids is 1. The highest BCUT2D eigenvalue weighted by Gasteiger charge is 2.15. The van der Waals surface area contributed by atoms with Gasteiger partial charge in [-0.25, -0.2) is 14.5 Å². The predicted octanol–water partition coefficient (Wildman–Crippen LogP) is 1.17. The number of aromatic nitrogens is 2. The number of rotatable bonds is 4. The third kappa shape index (κ3) is 1.71. The first kappa shape index (κ1) is 10.2. The second kappa shape index (κ2) is 4.36. The minimum absolute atomic E-state index is 0.247. The fourth-order valence-corrected chi connectivity index (χ4v) is 0.992. The van der Waals surface area contributed by atoms with Crippen LogP contribution in [0.3, 0.4) is 0 Å². The Morgan fingerprint density at radius 3 is 3.07 bits per heavy atom. The van der Waals surface area contributed by atoms with Crippen LogP contribution in [0.1, 0.15) is 23.2 Å². The number of hydrogen-bond donors (Lipinski definition) is 0. The summed E-state index contributed by atoms with van der Waals surface area (Å²) in [6, 6.07) is 0. The Labute approximate surface area is 81.7 Å². The van der Waals surface area contributed by atoms with E-state index in [-0.39, 0.29) is 5.69 Å². The van der Waals surface area contributed by atoms with Gasteiger partial charge < -0.3 is 4.74 Å². The quantitative estimate of drug-likeness (QED) is 0.532. The van der Waals surface area contributed by atoms with Crippen molar-refractivity contribution in [2.75, 3.05) is 6.61 Å². The average Bonchev–Trinajstić information content (AvgIpc) is 2.60. The number of carbonyl (C=O) groups is 1. The molecule has 0 bridgehead atoms. The summed E-state index contributed by atoms with van der Waals surface area (Å²) < 4.78 is 6.09. The van der Waals surface area contributed by atoms with Crippen LogP contribution in [-0.4, -0.2) is 29.0 Å². The molecule has 0 spiro atoms. The monoisotopic (exact) mass is 193 g/mol. The van der Waals surface area contributed by atoms with Gasteiger partial charge in [0.2, 0.25) is 0 Å². The van der Waals surface area contributed by atoms with Gasteiger partial charge in [0.15, 0.2) is 11.5 Å². The van der Waals surface area contributed by atoms with E-state index in [4.69, 9.17) is 4.74 Å². The minimum atomic E-state index is -0.472. The topological polar surface area (TPSA) is 56.5 Å². The third-order valence-electron chi connectivity index (χ3n) is 1.57. The Morgan fingerprint density at radius 2 is 2.57 bits per heavy atom. The molecule has 1 rings (SSSR count). The molecule has 1 aromatic heterocycles. The minimum Gasteiger partial charge on any atom is -0.461 e. The van der Waals surface area contributed by atoms with Crippen LogP contribution in [0.2, 0.25) is 0 Å². The molecule has 5 heteroatoms. The van der Waals surface area contributed by atoms with Gasteiger partial charge in [0, 0.05) is 6.72 Å². The fraction of sp³-hybridized carbons (Fsp3) is 0.222. The number of nitrogens with zero attached hydrogens (tertiary/aromatic N) is 3. The molecule has 0 aliphatic carbocycles. The molecule has 0 N–H and O–H groups in total. The van der Waals surface area contributed by atoms with Crippen molar-refractivity contribution in [2.45, 2.75) is 6.92 Å². The third-order valence-corrected chi connectivity index (χ3v) is 1.57. The van der Waals surface area contributed by atoms with Crippen LogP contribution < -0.4 is 0 Å². The molecule has 14 heavy (non-hydrogen) atoms. The molecule has 0 radical (unpaired) electrons. The molecule has 5 nitrogen and oxygen atoms in total. The van der Waals surface area contributed by atoms with E-state index in [0.29, 0.717) is 12.4 Å². The van der Waals surface area contributed by atoms with Gasteiger partial charge in [-0.3, -0.25) is 0 Å². The van der Waals surface area contributed by atoms with Gasteiger partial charge in [0.25, 0.3) is 0 Å². The van der Waals surface area contributed by atoms with Crippen molar-refractivity contribution in [3.8, 4) is 0 Å². The molecule has 0 aliphatic rings. The predicted molar refractivity (Wildman–Crippen MR) is 53.2 cm³/mol. The summed E-state index contributed by atoms with van der Waals surface area (Å²) in [5.41, 5.74) is 0.247. The summed E-state index contributed by atoms with van der Waals surface area (Å²) >= 11 is 0. The summed E-state index contributed by atoms with van der Waals surface area (Å²) in [6.45, 7) is 8.91. The fourth-order valence-electron chi connectivity index (χ4n) is 0.992. The zero-order chi connectivity index (χ0) is 10.6. The lowest BCUT2D eigenvalue weighted by molar-refractivity contribution is 0.0515. The van der Waals surface area contributed by atoms with Crippen molar-refractivity contribution in [3.05, 3.63) is 24.3 Å². The summed E-state index contributed by atoms with van der Waals surface area (Å²) in [4.78, 5) is 15.3. The molecule has 0 fully saturated rings. The molecule has 0 atom stereocenters. The zero-order valence-corrected chi connectivity index (χ0v) is 7.93. The maximum absolute atomic E-state index is 11.3. The lowest BCUT2D eigenvalue weighted by Gasteiger charge is -2.02. The van der Waals surface area contributed by atoms with Crippen LogP contribution in [0.25, 0.3) is 6.08 Å². The standard InChI is InChI=1S/C9H11N3O2/c1-4-8-11-6-7(12(8)10-3)9(13)14-5-2/h4,6H,1,3,5H2,2H3. The van der Waals surface area contributed by atoms with Crippen molar-refractivity contribution in [2.24, 2.45) is 5.10 Å². The summed E-state index contributed by atoms with van der Waals surface area (Å²) in [6.07, 6.45) is 2.86. The van der Waals surface area contributed by atoms with Crippen molar-refractivity contribution in [1.82, 2.24) is 9.66 Å². The first-order valence-electron chi connectivity index (χ1n) is 4.08. The Morgan fingerprint density at radius 1 is 1.86 bits per heavy atom. The molecule has 1 heterocycles. The molecule has 0 saturated heterocycles. The second-order valence-electron chi connectivity index (χ2n) is 2.38. The van der Waals surface area contributed by atoms with E-state index in [1.807, 2.05) is 0 Å². The van der Waals surface area contributed by atoms with Crippen molar-refractivity contribution in [1.29, 1.82) is 0 Å². The number of esters is 1. The Hall–Kier alpha value is -1.91. The van der Waals surface area contributed by atoms with Gasteiger partial charge in [-0.2, -0.15) is 5.10 Å². The molecule has 0 aromatic carbocycles. The van der Waals surface area contributed by atoms with Crippen LogP contribution in [0, 0.1) is 0 Å². The van der Waals surface area contributed by atoms with Gasteiger partial charge in [0.1, 0.15) is 0 Å². The SMILES string of the molecule is C=Cc1ncc(C(=O)OCC)n1N=C. The number of hydrogen-bond acceptors (Lipinski definition) is 4. The van der Waals surface area contributed by atoms with Crippen LogP contribution in [0.4, 0.5) is 0 Å². The van der Waals surface area contributed by atoms with Crippen molar-refractivity contribution >= 4 is 18.8 Å².